The van der Waals surface area contributed by atoms with Crippen LogP contribution in [0.25, 0.3) is 0 Å². The lowest BCUT2D eigenvalue weighted by atomic mass is 10.1. The monoisotopic (exact) mass is 307 g/mol. The molecule has 0 saturated carbocycles. The molecule has 1 aromatic heterocycles. The van der Waals surface area contributed by atoms with Gasteiger partial charge in [0.25, 0.3) is 5.91 Å². The Balaban J connectivity index is 1.64. The zero-order chi connectivity index (χ0) is 15.1. The second-order valence-electron chi connectivity index (χ2n) is 4.69. The Hall–Kier alpha value is -2.01. The molecule has 0 unspecified atom stereocenters. The standard InChI is InChI=1S/C15H18ClN3O2/c1-11-12(9-18-19-11)5-4-8-17-15(20)10-21-14-7-3-2-6-13(14)16/h2-3,6-7,9H,4-5,8,10H2,1H3,(H,17,20)(H,18,19). The molecule has 1 amide bonds. The Morgan fingerprint density at radius 3 is 2.95 bits per heavy atom. The summed E-state index contributed by atoms with van der Waals surface area (Å²) in [6.07, 6.45) is 3.56. The highest BCUT2D eigenvalue weighted by molar-refractivity contribution is 6.32. The van der Waals surface area contributed by atoms with E-state index in [0.29, 0.717) is 17.3 Å². The zero-order valence-corrected chi connectivity index (χ0v) is 12.6. The van der Waals surface area contributed by atoms with Gasteiger partial charge in [0.15, 0.2) is 6.61 Å². The van der Waals surface area contributed by atoms with E-state index >= 15 is 0 Å². The number of nitrogens with one attached hydrogen (secondary N) is 2. The Bertz CT molecular complexity index is 598. The number of rotatable bonds is 7. The summed E-state index contributed by atoms with van der Waals surface area (Å²) >= 11 is 5.94. The van der Waals surface area contributed by atoms with Gasteiger partial charge in [-0.05, 0) is 37.5 Å². The number of hydrogen-bond acceptors (Lipinski definition) is 3. The average Bonchev–Trinajstić information content (AvgIpc) is 2.88. The van der Waals surface area contributed by atoms with E-state index in [1.165, 1.54) is 5.56 Å². The Kier molecular flexibility index (Phi) is 5.63. The molecule has 6 heteroatoms. The molecule has 0 radical (unpaired) electrons. The molecule has 0 bridgehead atoms. The minimum absolute atomic E-state index is 0.0333. The molecule has 112 valence electrons. The minimum atomic E-state index is -0.154. The van der Waals surface area contributed by atoms with Crippen LogP contribution in [0.1, 0.15) is 17.7 Å². The Labute approximate surface area is 128 Å². The molecular weight excluding hydrogens is 290 g/mol. The molecule has 0 spiro atoms. The topological polar surface area (TPSA) is 67.0 Å². The summed E-state index contributed by atoms with van der Waals surface area (Å²) < 4.78 is 5.36. The molecule has 0 saturated heterocycles. The highest BCUT2D eigenvalue weighted by atomic mass is 35.5. The van der Waals surface area contributed by atoms with Crippen molar-refractivity contribution >= 4 is 17.5 Å². The number of hydrogen-bond donors (Lipinski definition) is 2. The molecule has 21 heavy (non-hydrogen) atoms. The third-order valence-corrected chi connectivity index (χ3v) is 3.39. The van der Waals surface area contributed by atoms with Gasteiger partial charge in [-0.1, -0.05) is 23.7 Å². The van der Waals surface area contributed by atoms with Crippen molar-refractivity contribution in [2.45, 2.75) is 19.8 Å². The van der Waals surface area contributed by atoms with Gasteiger partial charge in [-0.3, -0.25) is 9.89 Å². The fraction of sp³-hybridized carbons (Fsp3) is 0.333. The van der Waals surface area contributed by atoms with E-state index in [1.54, 1.807) is 12.1 Å². The number of halogens is 1. The number of carbonyl (C=O) groups is 1. The van der Waals surface area contributed by atoms with Crippen molar-refractivity contribution < 1.29 is 9.53 Å². The summed E-state index contributed by atoms with van der Waals surface area (Å²) in [6, 6.07) is 7.08. The van der Waals surface area contributed by atoms with E-state index in [1.807, 2.05) is 25.3 Å². The van der Waals surface area contributed by atoms with Crippen molar-refractivity contribution in [3.8, 4) is 5.75 Å². The number of nitrogens with zero attached hydrogens (tertiary/aromatic N) is 1. The Morgan fingerprint density at radius 1 is 1.43 bits per heavy atom. The highest BCUT2D eigenvalue weighted by Crippen LogP contribution is 2.22. The summed E-state index contributed by atoms with van der Waals surface area (Å²) in [4.78, 5) is 11.7. The SMILES string of the molecule is Cc1[nH]ncc1CCCNC(=O)COc1ccccc1Cl. The van der Waals surface area contributed by atoms with Crippen LogP contribution in [0.5, 0.6) is 5.75 Å². The number of carbonyl (C=O) groups excluding carboxylic acids is 1. The van der Waals surface area contributed by atoms with E-state index in [9.17, 15) is 4.79 Å². The number of para-hydroxylation sites is 1. The molecule has 2 rings (SSSR count). The van der Waals surface area contributed by atoms with E-state index < -0.39 is 0 Å². The molecule has 5 nitrogen and oxygen atoms in total. The van der Waals surface area contributed by atoms with Crippen molar-refractivity contribution in [1.82, 2.24) is 15.5 Å². The van der Waals surface area contributed by atoms with Crippen LogP contribution in [0.2, 0.25) is 5.02 Å². The molecule has 2 aromatic rings. The van der Waals surface area contributed by atoms with Gasteiger partial charge in [0.2, 0.25) is 0 Å². The van der Waals surface area contributed by atoms with Gasteiger partial charge in [0.1, 0.15) is 5.75 Å². The van der Waals surface area contributed by atoms with Gasteiger partial charge in [0, 0.05) is 12.2 Å². The maximum Gasteiger partial charge on any atom is 0.257 e. The number of benzene rings is 1. The predicted octanol–water partition coefficient (Wildman–Crippen LogP) is 2.50. The third-order valence-electron chi connectivity index (χ3n) is 3.07. The van der Waals surface area contributed by atoms with Crippen molar-refractivity contribution in [2.24, 2.45) is 0 Å². The first-order chi connectivity index (χ1) is 10.2. The Morgan fingerprint density at radius 2 is 2.24 bits per heavy atom. The van der Waals surface area contributed by atoms with Gasteiger partial charge in [0.05, 0.1) is 11.2 Å². The zero-order valence-electron chi connectivity index (χ0n) is 11.9. The van der Waals surface area contributed by atoms with E-state index in [4.69, 9.17) is 16.3 Å². The number of aryl methyl sites for hydroxylation is 2. The molecule has 0 fully saturated rings. The number of H-pyrrole nitrogens is 1. The fourth-order valence-corrected chi connectivity index (χ4v) is 2.08. The van der Waals surface area contributed by atoms with Crippen molar-refractivity contribution in [3.63, 3.8) is 0 Å². The van der Waals surface area contributed by atoms with Crippen LogP contribution in [0.4, 0.5) is 0 Å². The number of aromatic nitrogens is 2. The molecular formula is C15H18ClN3O2. The summed E-state index contributed by atoms with van der Waals surface area (Å²) in [5.74, 6) is 0.363. The van der Waals surface area contributed by atoms with Crippen LogP contribution in [0.3, 0.4) is 0 Å². The normalized spacial score (nSPS) is 10.4. The van der Waals surface area contributed by atoms with Gasteiger partial charge in [-0.25, -0.2) is 0 Å². The number of aromatic amines is 1. The fourth-order valence-electron chi connectivity index (χ4n) is 1.89. The first-order valence-electron chi connectivity index (χ1n) is 6.79. The first-order valence-corrected chi connectivity index (χ1v) is 7.17. The summed E-state index contributed by atoms with van der Waals surface area (Å²) in [7, 11) is 0. The largest absolute Gasteiger partial charge is 0.482 e. The van der Waals surface area contributed by atoms with Gasteiger partial charge < -0.3 is 10.1 Å². The van der Waals surface area contributed by atoms with E-state index in [0.717, 1.165) is 18.5 Å². The summed E-state index contributed by atoms with van der Waals surface area (Å²) in [5.41, 5.74) is 2.25. The van der Waals surface area contributed by atoms with Crippen LogP contribution in [0.15, 0.2) is 30.5 Å². The second kappa shape index (κ2) is 7.69. The van der Waals surface area contributed by atoms with Gasteiger partial charge >= 0.3 is 0 Å². The molecule has 1 aromatic carbocycles. The van der Waals surface area contributed by atoms with Gasteiger partial charge in [-0.15, -0.1) is 0 Å². The summed E-state index contributed by atoms with van der Waals surface area (Å²) in [5, 5.41) is 10.2. The predicted molar refractivity (Wildman–Crippen MR) is 81.6 cm³/mol. The molecule has 0 atom stereocenters. The van der Waals surface area contributed by atoms with Crippen LogP contribution < -0.4 is 10.1 Å². The smallest absolute Gasteiger partial charge is 0.257 e. The van der Waals surface area contributed by atoms with Crippen LogP contribution >= 0.6 is 11.6 Å². The van der Waals surface area contributed by atoms with Crippen molar-refractivity contribution in [3.05, 3.63) is 46.7 Å². The molecule has 2 N–H and O–H groups in total. The van der Waals surface area contributed by atoms with Crippen LogP contribution in [-0.4, -0.2) is 29.3 Å². The minimum Gasteiger partial charge on any atom is -0.482 e. The average molecular weight is 308 g/mol. The van der Waals surface area contributed by atoms with Crippen molar-refractivity contribution in [1.29, 1.82) is 0 Å². The molecule has 0 aliphatic heterocycles. The second-order valence-corrected chi connectivity index (χ2v) is 5.10. The van der Waals surface area contributed by atoms with Crippen LogP contribution in [-0.2, 0) is 11.2 Å². The molecule has 0 aliphatic carbocycles. The van der Waals surface area contributed by atoms with E-state index in [-0.39, 0.29) is 12.5 Å². The lowest BCUT2D eigenvalue weighted by Crippen LogP contribution is -2.29. The maximum atomic E-state index is 11.7. The first kappa shape index (κ1) is 15.4. The quantitative estimate of drug-likeness (QED) is 0.772. The van der Waals surface area contributed by atoms with Gasteiger partial charge in [-0.2, -0.15) is 5.10 Å². The van der Waals surface area contributed by atoms with Crippen molar-refractivity contribution in [2.75, 3.05) is 13.2 Å². The number of amides is 1. The van der Waals surface area contributed by atoms with E-state index in [2.05, 4.69) is 15.5 Å². The number of ether oxygens (including phenoxy) is 1. The highest BCUT2D eigenvalue weighted by Gasteiger charge is 2.05. The molecule has 1 heterocycles. The lowest BCUT2D eigenvalue weighted by molar-refractivity contribution is -0.123. The van der Waals surface area contributed by atoms with Crippen LogP contribution in [0, 0.1) is 6.92 Å². The molecule has 0 aliphatic rings. The maximum absolute atomic E-state index is 11.7. The lowest BCUT2D eigenvalue weighted by Gasteiger charge is -2.08. The third kappa shape index (κ3) is 4.79. The summed E-state index contributed by atoms with van der Waals surface area (Å²) in [6.45, 7) is 2.56.